The molecule has 0 radical (unpaired) electrons. The largest absolute Gasteiger partial charge is 0.506 e. The van der Waals surface area contributed by atoms with E-state index in [0.717, 1.165) is 0 Å². The Morgan fingerprint density at radius 2 is 2.00 bits per heavy atom. The van der Waals surface area contributed by atoms with E-state index in [0.29, 0.717) is 24.1 Å². The lowest BCUT2D eigenvalue weighted by molar-refractivity contribution is -0.142. The van der Waals surface area contributed by atoms with Crippen LogP contribution in [0.5, 0.6) is 0 Å². The average molecular weight is 317 g/mol. The zero-order valence-electron chi connectivity index (χ0n) is 13.1. The van der Waals surface area contributed by atoms with Crippen LogP contribution in [-0.2, 0) is 19.1 Å². The van der Waals surface area contributed by atoms with Gasteiger partial charge in [-0.05, 0) is 19.8 Å². The molecule has 1 N–H and O–H groups in total. The number of aliphatic hydroxyl groups is 1. The summed E-state index contributed by atoms with van der Waals surface area (Å²) in [5.41, 5.74) is 0.851. The van der Waals surface area contributed by atoms with Crippen molar-refractivity contribution in [3.63, 3.8) is 0 Å². The number of rotatable bonds is 5. The number of nitrogens with zero attached hydrogens (tertiary/aromatic N) is 1. The molecule has 6 heteroatoms. The van der Waals surface area contributed by atoms with Crippen molar-refractivity contribution in [2.75, 3.05) is 13.7 Å². The molecule has 0 spiro atoms. The van der Waals surface area contributed by atoms with Gasteiger partial charge in [0.05, 0.1) is 19.4 Å². The maximum absolute atomic E-state index is 12.3. The van der Waals surface area contributed by atoms with Gasteiger partial charge in [-0.3, -0.25) is 4.99 Å². The SMILES string of the molecule is CCOC(=O)/C(C1=N[C@H](C(=O)OC)CC1)=C(/O)c1ccccc1. The third-order valence-electron chi connectivity index (χ3n) is 3.49. The molecule has 122 valence electrons. The lowest BCUT2D eigenvalue weighted by atomic mass is 10.0. The second kappa shape index (κ2) is 7.58. The van der Waals surface area contributed by atoms with E-state index >= 15 is 0 Å². The summed E-state index contributed by atoms with van der Waals surface area (Å²) in [5, 5.41) is 10.5. The summed E-state index contributed by atoms with van der Waals surface area (Å²) >= 11 is 0. The molecule has 23 heavy (non-hydrogen) atoms. The molecule has 0 amide bonds. The number of benzene rings is 1. The predicted octanol–water partition coefficient (Wildman–Crippen LogP) is 2.30. The summed E-state index contributed by atoms with van der Waals surface area (Å²) in [6.45, 7) is 1.86. The number of aliphatic hydroxyl groups excluding tert-OH is 1. The van der Waals surface area contributed by atoms with Gasteiger partial charge in [-0.25, -0.2) is 9.59 Å². The molecule has 0 fully saturated rings. The lowest BCUT2D eigenvalue weighted by Gasteiger charge is -2.10. The Hall–Kier alpha value is -2.63. The van der Waals surface area contributed by atoms with Gasteiger partial charge in [0.2, 0.25) is 0 Å². The number of ether oxygens (including phenoxy) is 2. The van der Waals surface area contributed by atoms with E-state index in [-0.39, 0.29) is 17.9 Å². The summed E-state index contributed by atoms with van der Waals surface area (Å²) in [6, 6.07) is 8.03. The number of carbonyl (C=O) groups excluding carboxylic acids is 2. The quantitative estimate of drug-likeness (QED) is 0.511. The first-order valence-electron chi connectivity index (χ1n) is 7.39. The number of esters is 2. The van der Waals surface area contributed by atoms with Crippen LogP contribution in [0.25, 0.3) is 5.76 Å². The summed E-state index contributed by atoms with van der Waals surface area (Å²) in [4.78, 5) is 28.1. The van der Waals surface area contributed by atoms with Gasteiger partial charge in [0.25, 0.3) is 0 Å². The Kier molecular flexibility index (Phi) is 5.51. The van der Waals surface area contributed by atoms with Crippen LogP contribution in [0.3, 0.4) is 0 Å². The zero-order chi connectivity index (χ0) is 16.8. The number of hydrogen-bond acceptors (Lipinski definition) is 6. The van der Waals surface area contributed by atoms with Crippen LogP contribution < -0.4 is 0 Å². The van der Waals surface area contributed by atoms with E-state index in [1.54, 1.807) is 37.3 Å². The number of aliphatic imine (C=N–C) groups is 1. The van der Waals surface area contributed by atoms with E-state index in [4.69, 9.17) is 4.74 Å². The molecule has 0 saturated heterocycles. The van der Waals surface area contributed by atoms with Crippen LogP contribution in [0.15, 0.2) is 40.9 Å². The van der Waals surface area contributed by atoms with Crippen molar-refractivity contribution < 1.29 is 24.2 Å². The van der Waals surface area contributed by atoms with Crippen LogP contribution in [0, 0.1) is 0 Å². The van der Waals surface area contributed by atoms with Gasteiger partial charge in [0, 0.05) is 5.56 Å². The minimum atomic E-state index is -0.655. The van der Waals surface area contributed by atoms with Crippen LogP contribution in [0.2, 0.25) is 0 Å². The second-order valence-electron chi connectivity index (χ2n) is 4.96. The smallest absolute Gasteiger partial charge is 0.343 e. The Morgan fingerprint density at radius 3 is 2.61 bits per heavy atom. The first-order valence-corrected chi connectivity index (χ1v) is 7.39. The van der Waals surface area contributed by atoms with Gasteiger partial charge in [-0.1, -0.05) is 30.3 Å². The average Bonchev–Trinajstić information content (AvgIpc) is 3.05. The van der Waals surface area contributed by atoms with Crippen LogP contribution >= 0.6 is 0 Å². The van der Waals surface area contributed by atoms with Gasteiger partial charge in [0.15, 0.2) is 0 Å². The Labute approximate surface area is 134 Å². The highest BCUT2D eigenvalue weighted by atomic mass is 16.5. The maximum atomic E-state index is 12.3. The summed E-state index contributed by atoms with van der Waals surface area (Å²) in [6.07, 6.45) is 0.831. The Balaban J connectivity index is 2.44. The zero-order valence-corrected chi connectivity index (χ0v) is 13.1. The predicted molar refractivity (Wildman–Crippen MR) is 85.1 cm³/mol. The molecule has 1 aliphatic heterocycles. The highest BCUT2D eigenvalue weighted by Gasteiger charge is 2.31. The van der Waals surface area contributed by atoms with Crippen molar-refractivity contribution in [1.29, 1.82) is 0 Å². The standard InChI is InChI=1S/C17H19NO5/c1-3-23-17(21)14(15(19)11-7-5-4-6-8-11)12-9-10-13(18-12)16(20)22-2/h4-8,13,19H,3,9-10H2,1-2H3/b15-14+/t13-/m0/s1. The van der Waals surface area contributed by atoms with Gasteiger partial charge in [-0.15, -0.1) is 0 Å². The van der Waals surface area contributed by atoms with E-state index in [1.807, 2.05) is 0 Å². The van der Waals surface area contributed by atoms with Crippen LogP contribution in [-0.4, -0.2) is 42.5 Å². The van der Waals surface area contributed by atoms with Crippen molar-refractivity contribution in [3.8, 4) is 0 Å². The van der Waals surface area contributed by atoms with Crippen molar-refractivity contribution in [2.45, 2.75) is 25.8 Å². The summed E-state index contributed by atoms with van der Waals surface area (Å²) in [7, 11) is 1.29. The highest BCUT2D eigenvalue weighted by Crippen LogP contribution is 2.25. The molecule has 6 nitrogen and oxygen atoms in total. The highest BCUT2D eigenvalue weighted by molar-refractivity contribution is 6.25. The fraction of sp³-hybridized carbons (Fsp3) is 0.353. The van der Waals surface area contributed by atoms with E-state index in [1.165, 1.54) is 7.11 Å². The van der Waals surface area contributed by atoms with Gasteiger partial charge in [0.1, 0.15) is 17.4 Å². The normalized spacial score (nSPS) is 18.0. The summed E-state index contributed by atoms with van der Waals surface area (Å²) in [5.74, 6) is -1.31. The molecular formula is C17H19NO5. The summed E-state index contributed by atoms with van der Waals surface area (Å²) < 4.78 is 9.70. The molecule has 1 aliphatic rings. The Bertz CT molecular complexity index is 648. The second-order valence-corrected chi connectivity index (χ2v) is 4.96. The third-order valence-corrected chi connectivity index (χ3v) is 3.49. The van der Waals surface area contributed by atoms with E-state index < -0.39 is 18.0 Å². The minimum absolute atomic E-state index is 0.00412. The third kappa shape index (κ3) is 3.77. The number of methoxy groups -OCH3 is 1. The first kappa shape index (κ1) is 16.7. The molecule has 0 aliphatic carbocycles. The monoisotopic (exact) mass is 317 g/mol. The molecule has 0 aromatic heterocycles. The molecule has 0 bridgehead atoms. The van der Waals surface area contributed by atoms with Crippen LogP contribution in [0.4, 0.5) is 0 Å². The molecule has 1 aromatic rings. The first-order chi connectivity index (χ1) is 11.1. The number of hydrogen-bond donors (Lipinski definition) is 1. The number of carbonyl (C=O) groups is 2. The van der Waals surface area contributed by atoms with Crippen molar-refractivity contribution in [2.24, 2.45) is 4.99 Å². The molecule has 2 rings (SSSR count). The Morgan fingerprint density at radius 1 is 1.30 bits per heavy atom. The molecule has 0 unspecified atom stereocenters. The molecular weight excluding hydrogens is 298 g/mol. The molecule has 1 atom stereocenters. The fourth-order valence-corrected chi connectivity index (χ4v) is 2.38. The van der Waals surface area contributed by atoms with Crippen molar-refractivity contribution in [1.82, 2.24) is 0 Å². The molecule has 1 aromatic carbocycles. The topological polar surface area (TPSA) is 85.2 Å². The van der Waals surface area contributed by atoms with E-state index in [9.17, 15) is 14.7 Å². The maximum Gasteiger partial charge on any atom is 0.343 e. The minimum Gasteiger partial charge on any atom is -0.506 e. The molecule has 0 saturated carbocycles. The van der Waals surface area contributed by atoms with Crippen LogP contribution in [0.1, 0.15) is 25.3 Å². The van der Waals surface area contributed by atoms with Gasteiger partial charge >= 0.3 is 11.9 Å². The van der Waals surface area contributed by atoms with Crippen molar-refractivity contribution in [3.05, 3.63) is 41.5 Å². The molecule has 1 heterocycles. The lowest BCUT2D eigenvalue weighted by Crippen LogP contribution is -2.18. The van der Waals surface area contributed by atoms with E-state index in [2.05, 4.69) is 9.73 Å². The van der Waals surface area contributed by atoms with Gasteiger partial charge in [-0.2, -0.15) is 0 Å². The van der Waals surface area contributed by atoms with Gasteiger partial charge < -0.3 is 14.6 Å². The van der Waals surface area contributed by atoms with Crippen molar-refractivity contribution >= 4 is 23.4 Å². The fourth-order valence-electron chi connectivity index (χ4n) is 2.38.